The summed E-state index contributed by atoms with van der Waals surface area (Å²) < 4.78 is 0. The molecule has 0 saturated carbocycles. The fourth-order valence-corrected chi connectivity index (χ4v) is 3.26. The molecule has 1 aromatic rings. The number of anilines is 2. The zero-order valence-electron chi connectivity index (χ0n) is 11.8. The molecule has 5 heteroatoms. The van der Waals surface area contributed by atoms with E-state index in [1.165, 1.54) is 19.4 Å². The van der Waals surface area contributed by atoms with Crippen molar-refractivity contribution in [3.05, 3.63) is 12.3 Å². The normalized spacial score (nSPS) is 27.4. The Morgan fingerprint density at radius 3 is 3.16 bits per heavy atom. The molecule has 2 atom stereocenters. The molecule has 2 aliphatic heterocycles. The Bertz CT molecular complexity index is 436. The molecule has 3 rings (SSSR count). The molecule has 104 valence electrons. The molecule has 2 aliphatic rings. The summed E-state index contributed by atoms with van der Waals surface area (Å²) >= 11 is 0. The van der Waals surface area contributed by atoms with Gasteiger partial charge in [-0.3, -0.25) is 4.90 Å². The second-order valence-electron chi connectivity index (χ2n) is 5.56. The fourth-order valence-electron chi connectivity index (χ4n) is 3.26. The van der Waals surface area contributed by atoms with Gasteiger partial charge in [0.2, 0.25) is 5.95 Å². The van der Waals surface area contributed by atoms with Crippen molar-refractivity contribution in [3.63, 3.8) is 0 Å². The molecule has 0 amide bonds. The predicted molar refractivity (Wildman–Crippen MR) is 77.6 cm³/mol. The molecular weight excluding hydrogens is 238 g/mol. The first-order chi connectivity index (χ1) is 9.28. The van der Waals surface area contributed by atoms with Crippen LogP contribution in [0.1, 0.15) is 26.7 Å². The molecule has 0 aliphatic carbocycles. The average Bonchev–Trinajstić information content (AvgIpc) is 2.85. The highest BCUT2D eigenvalue weighted by Gasteiger charge is 2.34. The SMILES string of the molecule is CCNc1nccc(N2CC3CCCN3CC2C)n1. The van der Waals surface area contributed by atoms with Crippen LogP contribution in [0.15, 0.2) is 12.3 Å². The highest BCUT2D eigenvalue weighted by atomic mass is 15.3. The number of hydrogen-bond donors (Lipinski definition) is 1. The minimum atomic E-state index is 0.527. The van der Waals surface area contributed by atoms with Gasteiger partial charge in [-0.25, -0.2) is 4.98 Å². The number of piperazine rings is 1. The molecular formula is C14H23N5. The Balaban J connectivity index is 1.78. The van der Waals surface area contributed by atoms with Gasteiger partial charge in [-0.1, -0.05) is 0 Å². The maximum absolute atomic E-state index is 4.64. The van der Waals surface area contributed by atoms with Gasteiger partial charge in [0, 0.05) is 37.9 Å². The largest absolute Gasteiger partial charge is 0.354 e. The van der Waals surface area contributed by atoms with Gasteiger partial charge in [-0.05, 0) is 39.3 Å². The Morgan fingerprint density at radius 2 is 2.32 bits per heavy atom. The molecule has 0 aromatic carbocycles. The number of nitrogens with zero attached hydrogens (tertiary/aromatic N) is 4. The lowest BCUT2D eigenvalue weighted by atomic mass is 10.1. The van der Waals surface area contributed by atoms with Crippen LogP contribution in [0.3, 0.4) is 0 Å². The first-order valence-electron chi connectivity index (χ1n) is 7.35. The topological polar surface area (TPSA) is 44.3 Å². The number of hydrogen-bond acceptors (Lipinski definition) is 5. The maximum atomic E-state index is 4.64. The van der Waals surface area contributed by atoms with Crippen molar-refractivity contribution in [3.8, 4) is 0 Å². The van der Waals surface area contributed by atoms with Gasteiger partial charge in [-0.2, -0.15) is 4.98 Å². The minimum absolute atomic E-state index is 0.527. The molecule has 0 radical (unpaired) electrons. The molecule has 2 fully saturated rings. The molecule has 2 saturated heterocycles. The van der Waals surface area contributed by atoms with Gasteiger partial charge in [0.25, 0.3) is 0 Å². The molecule has 19 heavy (non-hydrogen) atoms. The van der Waals surface area contributed by atoms with E-state index in [4.69, 9.17) is 0 Å². The van der Waals surface area contributed by atoms with Crippen LogP contribution in [0.5, 0.6) is 0 Å². The quantitative estimate of drug-likeness (QED) is 0.895. The van der Waals surface area contributed by atoms with Crippen LogP contribution in [0.4, 0.5) is 11.8 Å². The Kier molecular flexibility index (Phi) is 3.55. The van der Waals surface area contributed by atoms with E-state index < -0.39 is 0 Å². The van der Waals surface area contributed by atoms with E-state index in [1.807, 2.05) is 12.3 Å². The van der Waals surface area contributed by atoms with Gasteiger partial charge in [0.05, 0.1) is 0 Å². The standard InChI is InChI=1S/C14H23N5/c1-3-15-14-16-7-6-13(17-14)19-10-12-5-4-8-18(12)9-11(19)2/h6-7,11-12H,3-5,8-10H2,1-2H3,(H,15,16,17). The summed E-state index contributed by atoms with van der Waals surface area (Å²) in [6, 6.07) is 3.27. The van der Waals surface area contributed by atoms with Gasteiger partial charge >= 0.3 is 0 Å². The molecule has 0 spiro atoms. The fraction of sp³-hybridized carbons (Fsp3) is 0.714. The summed E-state index contributed by atoms with van der Waals surface area (Å²) in [6.07, 6.45) is 4.53. The van der Waals surface area contributed by atoms with Crippen LogP contribution < -0.4 is 10.2 Å². The number of nitrogens with one attached hydrogen (secondary N) is 1. The van der Waals surface area contributed by atoms with E-state index in [0.29, 0.717) is 12.1 Å². The monoisotopic (exact) mass is 261 g/mol. The van der Waals surface area contributed by atoms with E-state index in [2.05, 4.69) is 38.9 Å². The Morgan fingerprint density at radius 1 is 1.42 bits per heavy atom. The Labute approximate surface area is 115 Å². The van der Waals surface area contributed by atoms with Crippen LogP contribution >= 0.6 is 0 Å². The van der Waals surface area contributed by atoms with Gasteiger partial charge in [-0.15, -0.1) is 0 Å². The van der Waals surface area contributed by atoms with Gasteiger partial charge in [0.15, 0.2) is 0 Å². The highest BCUT2D eigenvalue weighted by molar-refractivity contribution is 5.44. The van der Waals surface area contributed by atoms with E-state index in [9.17, 15) is 0 Å². The molecule has 2 unspecified atom stereocenters. The number of aromatic nitrogens is 2. The molecule has 1 aromatic heterocycles. The Hall–Kier alpha value is -1.36. The van der Waals surface area contributed by atoms with Crippen LogP contribution in [-0.2, 0) is 0 Å². The summed E-state index contributed by atoms with van der Waals surface area (Å²) in [5.74, 6) is 1.80. The van der Waals surface area contributed by atoms with Crippen molar-refractivity contribution < 1.29 is 0 Å². The lowest BCUT2D eigenvalue weighted by molar-refractivity contribution is 0.202. The molecule has 0 bridgehead atoms. The minimum Gasteiger partial charge on any atom is -0.354 e. The van der Waals surface area contributed by atoms with Crippen molar-refractivity contribution in [1.82, 2.24) is 14.9 Å². The zero-order chi connectivity index (χ0) is 13.2. The highest BCUT2D eigenvalue weighted by Crippen LogP contribution is 2.27. The van der Waals surface area contributed by atoms with E-state index in [1.54, 1.807) is 0 Å². The average molecular weight is 261 g/mol. The van der Waals surface area contributed by atoms with Crippen molar-refractivity contribution in [1.29, 1.82) is 0 Å². The van der Waals surface area contributed by atoms with Crippen LogP contribution in [0.2, 0.25) is 0 Å². The lowest BCUT2D eigenvalue weighted by Gasteiger charge is -2.43. The van der Waals surface area contributed by atoms with Crippen molar-refractivity contribution in [2.24, 2.45) is 0 Å². The van der Waals surface area contributed by atoms with E-state index in [0.717, 1.165) is 31.4 Å². The van der Waals surface area contributed by atoms with Crippen molar-refractivity contribution >= 4 is 11.8 Å². The first-order valence-corrected chi connectivity index (χ1v) is 7.35. The lowest BCUT2D eigenvalue weighted by Crippen LogP contribution is -2.55. The number of fused-ring (bicyclic) bond motifs is 1. The third kappa shape index (κ3) is 2.52. The van der Waals surface area contributed by atoms with E-state index >= 15 is 0 Å². The molecule has 1 N–H and O–H groups in total. The van der Waals surface area contributed by atoms with Crippen LogP contribution in [0, 0.1) is 0 Å². The number of rotatable bonds is 3. The van der Waals surface area contributed by atoms with Crippen LogP contribution in [-0.4, -0.2) is 53.1 Å². The molecule has 5 nitrogen and oxygen atoms in total. The summed E-state index contributed by atoms with van der Waals surface area (Å²) in [6.45, 7) is 8.75. The maximum Gasteiger partial charge on any atom is 0.224 e. The van der Waals surface area contributed by atoms with E-state index in [-0.39, 0.29) is 0 Å². The summed E-state index contributed by atoms with van der Waals surface area (Å²) in [5.41, 5.74) is 0. The van der Waals surface area contributed by atoms with Crippen molar-refractivity contribution in [2.45, 2.75) is 38.8 Å². The van der Waals surface area contributed by atoms with Crippen molar-refractivity contribution in [2.75, 3.05) is 36.4 Å². The molecule has 3 heterocycles. The predicted octanol–water partition coefficient (Wildman–Crippen LogP) is 1.58. The summed E-state index contributed by atoms with van der Waals surface area (Å²) in [4.78, 5) is 14.0. The third-order valence-electron chi connectivity index (χ3n) is 4.21. The van der Waals surface area contributed by atoms with Crippen LogP contribution in [0.25, 0.3) is 0 Å². The zero-order valence-corrected chi connectivity index (χ0v) is 11.8. The smallest absolute Gasteiger partial charge is 0.224 e. The van der Waals surface area contributed by atoms with Gasteiger partial charge in [0.1, 0.15) is 5.82 Å². The second kappa shape index (κ2) is 5.33. The second-order valence-corrected chi connectivity index (χ2v) is 5.56. The van der Waals surface area contributed by atoms with Gasteiger partial charge < -0.3 is 10.2 Å². The first kappa shape index (κ1) is 12.7. The summed E-state index contributed by atoms with van der Waals surface area (Å²) in [7, 11) is 0. The third-order valence-corrected chi connectivity index (χ3v) is 4.21. The summed E-state index contributed by atoms with van der Waals surface area (Å²) in [5, 5.41) is 3.19.